The second-order valence-electron chi connectivity index (χ2n) is 5.05. The van der Waals surface area contributed by atoms with Crippen LogP contribution in [0.25, 0.3) is 10.2 Å². The molecule has 8 heteroatoms. The number of ether oxygens (including phenoxy) is 1. The van der Waals surface area contributed by atoms with E-state index in [0.717, 1.165) is 17.5 Å². The van der Waals surface area contributed by atoms with Crippen LogP contribution in [-0.2, 0) is 16.1 Å². The number of hydrogen-bond acceptors (Lipinski definition) is 5. The molecular weight excluding hydrogens is 318 g/mol. The van der Waals surface area contributed by atoms with Gasteiger partial charge in [-0.1, -0.05) is 24.7 Å². The maximum absolute atomic E-state index is 11.9. The Morgan fingerprint density at radius 3 is 2.91 bits per heavy atom. The molecule has 0 saturated carbocycles. The van der Waals surface area contributed by atoms with E-state index in [1.54, 1.807) is 17.7 Å². The van der Waals surface area contributed by atoms with Crippen molar-refractivity contribution in [1.29, 1.82) is 0 Å². The van der Waals surface area contributed by atoms with E-state index in [4.69, 9.17) is 4.74 Å². The lowest BCUT2D eigenvalue weighted by molar-refractivity contribution is -0.384. The third-order valence-corrected chi connectivity index (χ3v) is 4.42. The lowest BCUT2D eigenvalue weighted by atomic mass is 10.2. The molecule has 1 heterocycles. The topological polar surface area (TPSA) is 86.7 Å². The number of nitro groups is 1. The molecule has 1 aromatic heterocycles. The molecule has 1 aromatic carbocycles. The van der Waals surface area contributed by atoms with Gasteiger partial charge in [-0.3, -0.25) is 14.9 Å². The smallest absolute Gasteiger partial charge is 0.271 e. The number of carbonyl (C=O) groups excluding carboxylic acids is 1. The van der Waals surface area contributed by atoms with Crippen LogP contribution in [-0.4, -0.2) is 29.1 Å². The van der Waals surface area contributed by atoms with Crippen LogP contribution in [0.2, 0.25) is 0 Å². The molecule has 0 aliphatic heterocycles. The van der Waals surface area contributed by atoms with E-state index in [2.05, 4.69) is 4.99 Å². The number of unbranched alkanes of at least 4 members (excludes halogenated alkanes) is 1. The Hall–Kier alpha value is -2.06. The van der Waals surface area contributed by atoms with Gasteiger partial charge in [-0.15, -0.1) is 0 Å². The highest BCUT2D eigenvalue weighted by Gasteiger charge is 2.12. The van der Waals surface area contributed by atoms with Crippen molar-refractivity contribution in [3.8, 4) is 0 Å². The maximum atomic E-state index is 11.9. The van der Waals surface area contributed by atoms with Crippen molar-refractivity contribution in [2.24, 2.45) is 4.99 Å². The summed E-state index contributed by atoms with van der Waals surface area (Å²) in [6.45, 7) is 2.94. The number of methoxy groups -OCH3 is 1. The predicted molar refractivity (Wildman–Crippen MR) is 88.4 cm³/mol. The van der Waals surface area contributed by atoms with Crippen LogP contribution in [0, 0.1) is 10.1 Å². The van der Waals surface area contributed by atoms with Crippen LogP contribution in [0.15, 0.2) is 23.2 Å². The largest absolute Gasteiger partial charge is 0.383 e. The van der Waals surface area contributed by atoms with Gasteiger partial charge in [-0.05, 0) is 12.5 Å². The molecule has 0 bridgehead atoms. The van der Waals surface area contributed by atoms with Crippen molar-refractivity contribution in [2.45, 2.75) is 32.7 Å². The minimum Gasteiger partial charge on any atom is -0.383 e. The molecule has 1 amide bonds. The minimum atomic E-state index is -0.430. The number of amides is 1. The molecule has 0 N–H and O–H groups in total. The molecule has 124 valence electrons. The van der Waals surface area contributed by atoms with Crippen LogP contribution >= 0.6 is 11.3 Å². The number of nitro benzene ring substituents is 1. The zero-order chi connectivity index (χ0) is 16.8. The highest BCUT2D eigenvalue weighted by Crippen LogP contribution is 2.23. The third-order valence-electron chi connectivity index (χ3n) is 3.36. The number of benzene rings is 1. The lowest BCUT2D eigenvalue weighted by Crippen LogP contribution is -2.19. The van der Waals surface area contributed by atoms with Crippen LogP contribution in [0.1, 0.15) is 26.2 Å². The molecule has 2 aromatic rings. The second-order valence-corrected chi connectivity index (χ2v) is 6.06. The zero-order valence-corrected chi connectivity index (χ0v) is 14.0. The highest BCUT2D eigenvalue weighted by atomic mass is 32.1. The van der Waals surface area contributed by atoms with Gasteiger partial charge in [0.05, 0.1) is 21.7 Å². The van der Waals surface area contributed by atoms with Crippen molar-refractivity contribution in [2.75, 3.05) is 13.7 Å². The zero-order valence-electron chi connectivity index (χ0n) is 13.2. The average Bonchev–Trinajstić information content (AvgIpc) is 2.87. The summed E-state index contributed by atoms with van der Waals surface area (Å²) in [6.07, 6.45) is 2.15. The molecule has 0 atom stereocenters. The summed E-state index contributed by atoms with van der Waals surface area (Å²) < 4.78 is 7.75. The molecule has 0 saturated heterocycles. The van der Waals surface area contributed by atoms with Gasteiger partial charge in [0.15, 0.2) is 4.80 Å². The van der Waals surface area contributed by atoms with E-state index < -0.39 is 4.92 Å². The summed E-state index contributed by atoms with van der Waals surface area (Å²) in [5.41, 5.74) is 0.716. The van der Waals surface area contributed by atoms with E-state index in [9.17, 15) is 14.9 Å². The molecule has 0 radical (unpaired) electrons. The van der Waals surface area contributed by atoms with Gasteiger partial charge in [0.2, 0.25) is 5.91 Å². The molecule has 0 unspecified atom stereocenters. The fourth-order valence-corrected chi connectivity index (χ4v) is 3.20. The Morgan fingerprint density at radius 2 is 2.26 bits per heavy atom. The van der Waals surface area contributed by atoms with Gasteiger partial charge in [-0.2, -0.15) is 4.99 Å². The van der Waals surface area contributed by atoms with Gasteiger partial charge in [0.1, 0.15) is 0 Å². The Kier molecular flexibility index (Phi) is 6.00. The standard InChI is InChI=1S/C15H19N3O4S/c1-3-4-5-14(19)16-15-17(8-9-22-2)12-10-11(18(20)21)6-7-13(12)23-15/h6-7,10H,3-5,8-9H2,1-2H3. The van der Waals surface area contributed by atoms with E-state index in [1.165, 1.54) is 23.5 Å². The quantitative estimate of drug-likeness (QED) is 0.574. The van der Waals surface area contributed by atoms with E-state index in [-0.39, 0.29) is 11.6 Å². The van der Waals surface area contributed by atoms with Crippen LogP contribution in [0.4, 0.5) is 5.69 Å². The summed E-state index contributed by atoms with van der Waals surface area (Å²) in [7, 11) is 1.58. The first kappa shape index (κ1) is 17.3. The summed E-state index contributed by atoms with van der Waals surface area (Å²) in [5.74, 6) is -0.168. The first-order valence-electron chi connectivity index (χ1n) is 7.41. The SMILES string of the molecule is CCCCC(=O)N=c1sc2ccc([N+](=O)[O-])cc2n1CCOC. The molecule has 7 nitrogen and oxygen atoms in total. The van der Waals surface area contributed by atoms with Gasteiger partial charge in [0, 0.05) is 32.2 Å². The molecule has 23 heavy (non-hydrogen) atoms. The van der Waals surface area contributed by atoms with Crippen molar-refractivity contribution < 1.29 is 14.5 Å². The summed E-state index contributed by atoms with van der Waals surface area (Å²) >= 11 is 1.35. The molecule has 0 fully saturated rings. The summed E-state index contributed by atoms with van der Waals surface area (Å²) in [5, 5.41) is 11.0. The van der Waals surface area contributed by atoms with Crippen molar-refractivity contribution in [3.63, 3.8) is 0 Å². The second kappa shape index (κ2) is 7.98. The number of nitrogens with zero attached hydrogens (tertiary/aromatic N) is 3. The number of aromatic nitrogens is 1. The Bertz CT molecular complexity index is 779. The van der Waals surface area contributed by atoms with Crippen molar-refractivity contribution >= 4 is 33.1 Å². The monoisotopic (exact) mass is 337 g/mol. The van der Waals surface area contributed by atoms with E-state index in [1.807, 2.05) is 6.92 Å². The summed E-state index contributed by atoms with van der Waals surface area (Å²) in [6, 6.07) is 4.66. The molecule has 0 spiro atoms. The Labute approximate surface area is 137 Å². The van der Waals surface area contributed by atoms with Crippen LogP contribution in [0.3, 0.4) is 0 Å². The van der Waals surface area contributed by atoms with Gasteiger partial charge in [0.25, 0.3) is 5.69 Å². The molecular formula is C15H19N3O4S. The average molecular weight is 337 g/mol. The van der Waals surface area contributed by atoms with Gasteiger partial charge in [-0.25, -0.2) is 0 Å². The highest BCUT2D eigenvalue weighted by molar-refractivity contribution is 7.16. The fourth-order valence-electron chi connectivity index (χ4n) is 2.15. The third kappa shape index (κ3) is 4.23. The first-order chi connectivity index (χ1) is 11.1. The van der Waals surface area contributed by atoms with E-state index >= 15 is 0 Å². The predicted octanol–water partition coefficient (Wildman–Crippen LogP) is 2.87. The van der Waals surface area contributed by atoms with Crippen molar-refractivity contribution in [3.05, 3.63) is 33.1 Å². The Balaban J connectivity index is 2.52. The lowest BCUT2D eigenvalue weighted by Gasteiger charge is -2.04. The fraction of sp³-hybridized carbons (Fsp3) is 0.467. The van der Waals surface area contributed by atoms with E-state index in [0.29, 0.717) is 29.9 Å². The molecule has 0 aliphatic carbocycles. The number of hydrogen-bond donors (Lipinski definition) is 0. The number of thiazole rings is 1. The number of non-ortho nitro benzene ring substituents is 1. The van der Waals surface area contributed by atoms with Crippen LogP contribution < -0.4 is 4.80 Å². The minimum absolute atomic E-state index is 0.0188. The van der Waals surface area contributed by atoms with Gasteiger partial charge >= 0.3 is 0 Å². The summed E-state index contributed by atoms with van der Waals surface area (Å²) in [4.78, 5) is 27.2. The Morgan fingerprint density at radius 1 is 1.48 bits per heavy atom. The van der Waals surface area contributed by atoms with Gasteiger partial charge < -0.3 is 9.30 Å². The number of rotatable bonds is 7. The molecule has 2 rings (SSSR count). The maximum Gasteiger partial charge on any atom is 0.271 e. The van der Waals surface area contributed by atoms with Crippen molar-refractivity contribution in [1.82, 2.24) is 4.57 Å². The normalized spacial score (nSPS) is 12.0. The van der Waals surface area contributed by atoms with Crippen LogP contribution in [0.5, 0.6) is 0 Å². The molecule has 0 aliphatic rings. The number of fused-ring (bicyclic) bond motifs is 1. The first-order valence-corrected chi connectivity index (χ1v) is 8.22. The number of carbonyl (C=O) groups is 1.